The molecular weight excluding hydrogens is 269 g/mol. The van der Waals surface area contributed by atoms with Gasteiger partial charge in [0.25, 0.3) is 11.5 Å². The van der Waals surface area contributed by atoms with Crippen LogP contribution in [-0.2, 0) is 9.53 Å². The van der Waals surface area contributed by atoms with E-state index in [9.17, 15) is 24.1 Å². The first kappa shape index (κ1) is 12.2. The van der Waals surface area contributed by atoms with Crippen LogP contribution in [0.3, 0.4) is 0 Å². The highest BCUT2D eigenvalue weighted by atomic mass is 19.2. The molecule has 0 saturated heterocycles. The Labute approximate surface area is 111 Å². The summed E-state index contributed by atoms with van der Waals surface area (Å²) < 4.78 is 19.1. The van der Waals surface area contributed by atoms with E-state index in [0.29, 0.717) is 0 Å². The van der Waals surface area contributed by atoms with E-state index in [1.165, 1.54) is 6.07 Å². The van der Waals surface area contributed by atoms with Crippen LogP contribution in [0.2, 0.25) is 0 Å². The fourth-order valence-electron chi connectivity index (χ4n) is 2.16. The number of rotatable bonds is 1. The van der Waals surface area contributed by atoms with Gasteiger partial charge in [0.05, 0.1) is 10.5 Å². The van der Waals surface area contributed by atoms with E-state index in [1.54, 1.807) is 0 Å². The number of non-ortho nitro benzene ring substituents is 1. The summed E-state index contributed by atoms with van der Waals surface area (Å²) in [5.41, 5.74) is -0.464. The number of hydrogen-bond acceptors (Lipinski definition) is 5. The summed E-state index contributed by atoms with van der Waals surface area (Å²) in [6.07, 6.45) is 2.83. The van der Waals surface area contributed by atoms with Crippen LogP contribution in [0.5, 0.6) is 0 Å². The summed E-state index contributed by atoms with van der Waals surface area (Å²) >= 11 is 0. The third-order valence-corrected chi connectivity index (χ3v) is 3.08. The number of benzene rings is 1. The minimum Gasteiger partial charge on any atom is -0.417 e. The molecule has 100 valence electrons. The third-order valence-electron chi connectivity index (χ3n) is 3.08. The highest BCUT2D eigenvalue weighted by Gasteiger charge is 2.45. The van der Waals surface area contributed by atoms with E-state index in [1.807, 2.05) is 0 Å². The standard InChI is InChI=1S/C13H6FNO5/c14-13-4-3-8(16)6-11(13)9-2-1-7(15(18)19)5-10(9)12(17)20-13/h1-6H. The van der Waals surface area contributed by atoms with Gasteiger partial charge in [-0.25, -0.2) is 4.79 Å². The molecular formula is C13H6FNO5. The number of ketones is 1. The number of ether oxygens (including phenoxy) is 1. The van der Waals surface area contributed by atoms with Crippen LogP contribution in [0.15, 0.2) is 36.4 Å². The largest absolute Gasteiger partial charge is 0.417 e. The van der Waals surface area contributed by atoms with Crippen molar-refractivity contribution in [3.05, 3.63) is 57.7 Å². The summed E-state index contributed by atoms with van der Waals surface area (Å²) in [6.45, 7) is 0. The average molecular weight is 275 g/mol. The fraction of sp³-hybridized carbons (Fsp3) is 0.0769. The maximum absolute atomic E-state index is 14.5. The number of hydrogen-bond donors (Lipinski definition) is 0. The van der Waals surface area contributed by atoms with Gasteiger partial charge in [-0.05, 0) is 23.8 Å². The third kappa shape index (κ3) is 1.63. The maximum Gasteiger partial charge on any atom is 0.342 e. The number of carbonyl (C=O) groups excluding carboxylic acids is 2. The van der Waals surface area contributed by atoms with E-state index in [2.05, 4.69) is 4.74 Å². The Bertz CT molecular complexity index is 736. The highest BCUT2D eigenvalue weighted by molar-refractivity contribution is 6.11. The van der Waals surface area contributed by atoms with E-state index in [0.717, 1.165) is 30.4 Å². The summed E-state index contributed by atoms with van der Waals surface area (Å²) in [7, 11) is 0. The zero-order chi connectivity index (χ0) is 14.5. The number of esters is 1. The van der Waals surface area contributed by atoms with Crippen molar-refractivity contribution >= 4 is 23.0 Å². The molecule has 0 saturated carbocycles. The van der Waals surface area contributed by atoms with Gasteiger partial charge in [0.1, 0.15) is 0 Å². The van der Waals surface area contributed by atoms with Crippen molar-refractivity contribution in [3.8, 4) is 0 Å². The number of alkyl halides is 1. The molecule has 3 rings (SSSR count). The van der Waals surface area contributed by atoms with Gasteiger partial charge in [-0.2, -0.15) is 4.39 Å². The number of nitro benzene ring substituents is 1. The molecule has 1 aromatic carbocycles. The quantitative estimate of drug-likeness (QED) is 0.444. The monoisotopic (exact) mass is 275 g/mol. The molecule has 0 amide bonds. The van der Waals surface area contributed by atoms with Crippen molar-refractivity contribution < 1.29 is 23.6 Å². The van der Waals surface area contributed by atoms with Crippen LogP contribution in [0, 0.1) is 10.1 Å². The van der Waals surface area contributed by atoms with Gasteiger partial charge < -0.3 is 4.74 Å². The lowest BCUT2D eigenvalue weighted by molar-refractivity contribution is -0.384. The lowest BCUT2D eigenvalue weighted by atomic mass is 9.87. The Kier molecular flexibility index (Phi) is 2.34. The Morgan fingerprint density at radius 3 is 2.70 bits per heavy atom. The van der Waals surface area contributed by atoms with Crippen molar-refractivity contribution in [1.82, 2.24) is 0 Å². The number of nitro groups is 1. The number of allylic oxidation sites excluding steroid dienone is 2. The molecule has 1 aliphatic heterocycles. The summed E-state index contributed by atoms with van der Waals surface area (Å²) in [6, 6.07) is 3.38. The summed E-state index contributed by atoms with van der Waals surface area (Å²) in [5, 5.41) is 10.7. The van der Waals surface area contributed by atoms with E-state index in [4.69, 9.17) is 0 Å². The van der Waals surface area contributed by atoms with Gasteiger partial charge in [-0.15, -0.1) is 0 Å². The highest BCUT2D eigenvalue weighted by Crippen LogP contribution is 2.42. The van der Waals surface area contributed by atoms with E-state index in [-0.39, 0.29) is 22.4 Å². The minimum atomic E-state index is -2.51. The van der Waals surface area contributed by atoms with Gasteiger partial charge in [0.15, 0.2) is 5.78 Å². The summed E-state index contributed by atoms with van der Waals surface area (Å²) in [4.78, 5) is 33.1. The van der Waals surface area contributed by atoms with Crippen molar-refractivity contribution in [3.63, 3.8) is 0 Å². The van der Waals surface area contributed by atoms with Gasteiger partial charge in [0, 0.05) is 23.8 Å². The molecule has 0 spiro atoms. The minimum absolute atomic E-state index is 0.118. The summed E-state index contributed by atoms with van der Waals surface area (Å²) in [5.74, 6) is -3.97. The molecule has 6 nitrogen and oxygen atoms in total. The molecule has 7 heteroatoms. The molecule has 0 N–H and O–H groups in total. The van der Waals surface area contributed by atoms with Gasteiger partial charge in [0.2, 0.25) is 0 Å². The van der Waals surface area contributed by atoms with E-state index < -0.39 is 22.5 Å². The van der Waals surface area contributed by atoms with Crippen LogP contribution >= 0.6 is 0 Å². The van der Waals surface area contributed by atoms with Crippen LogP contribution < -0.4 is 0 Å². The molecule has 1 heterocycles. The molecule has 1 atom stereocenters. The topological polar surface area (TPSA) is 86.5 Å². The first-order valence-corrected chi connectivity index (χ1v) is 5.57. The molecule has 2 aliphatic rings. The van der Waals surface area contributed by atoms with Crippen LogP contribution in [0.25, 0.3) is 5.57 Å². The van der Waals surface area contributed by atoms with Crippen molar-refractivity contribution in [2.75, 3.05) is 0 Å². The first-order valence-electron chi connectivity index (χ1n) is 5.57. The van der Waals surface area contributed by atoms with Gasteiger partial charge in [-0.1, -0.05) is 0 Å². The zero-order valence-electron chi connectivity index (χ0n) is 9.83. The first-order chi connectivity index (χ1) is 9.40. The molecule has 0 radical (unpaired) electrons. The van der Waals surface area contributed by atoms with Crippen molar-refractivity contribution in [1.29, 1.82) is 0 Å². The normalized spacial score (nSPS) is 23.6. The molecule has 0 fully saturated rings. The predicted octanol–water partition coefficient (Wildman–Crippen LogP) is 1.95. The van der Waals surface area contributed by atoms with Crippen molar-refractivity contribution in [2.45, 2.75) is 5.85 Å². The maximum atomic E-state index is 14.5. The smallest absolute Gasteiger partial charge is 0.342 e. The number of nitrogens with zero attached hydrogens (tertiary/aromatic N) is 1. The second-order valence-electron chi connectivity index (χ2n) is 4.32. The molecule has 20 heavy (non-hydrogen) atoms. The van der Waals surface area contributed by atoms with Crippen LogP contribution in [-0.4, -0.2) is 22.5 Å². The van der Waals surface area contributed by atoms with E-state index >= 15 is 0 Å². The van der Waals surface area contributed by atoms with Crippen molar-refractivity contribution in [2.24, 2.45) is 0 Å². The Balaban J connectivity index is 2.23. The Morgan fingerprint density at radius 1 is 1.25 bits per heavy atom. The second-order valence-corrected chi connectivity index (χ2v) is 4.32. The fourth-order valence-corrected chi connectivity index (χ4v) is 2.16. The second kappa shape index (κ2) is 3.83. The van der Waals surface area contributed by atoms with Crippen LogP contribution in [0.4, 0.5) is 10.1 Å². The SMILES string of the molecule is O=C1C=CC2(F)OC(=O)c3cc([N+](=O)[O-])ccc3C2=C1. The lowest BCUT2D eigenvalue weighted by Crippen LogP contribution is -2.36. The Hall–Kier alpha value is -2.83. The molecule has 0 aromatic heterocycles. The average Bonchev–Trinajstić information content (AvgIpc) is 2.40. The van der Waals surface area contributed by atoms with Gasteiger partial charge >= 0.3 is 5.97 Å². The van der Waals surface area contributed by atoms with Gasteiger partial charge in [-0.3, -0.25) is 14.9 Å². The number of fused-ring (bicyclic) bond motifs is 3. The molecule has 1 aromatic rings. The number of halogens is 1. The zero-order valence-corrected chi connectivity index (χ0v) is 9.83. The van der Waals surface area contributed by atoms with Crippen LogP contribution in [0.1, 0.15) is 15.9 Å². The molecule has 1 unspecified atom stereocenters. The Morgan fingerprint density at radius 2 is 2.00 bits per heavy atom. The molecule has 0 bridgehead atoms. The molecule has 1 aliphatic carbocycles. The lowest BCUT2D eigenvalue weighted by Gasteiger charge is -2.32. The predicted molar refractivity (Wildman–Crippen MR) is 64.5 cm³/mol. The number of carbonyl (C=O) groups is 2.